The van der Waals surface area contributed by atoms with E-state index in [0.29, 0.717) is 72.3 Å². The van der Waals surface area contributed by atoms with Gasteiger partial charge >= 0.3 is 0 Å². The van der Waals surface area contributed by atoms with Crippen LogP contribution in [-0.4, -0.2) is 66.3 Å². The molecule has 12 nitrogen and oxygen atoms in total. The molecule has 5 aliphatic heterocycles. The molecule has 0 radical (unpaired) electrons. The molecule has 1 fully saturated rings. The first-order valence-corrected chi connectivity index (χ1v) is 19.4. The molecule has 1 saturated heterocycles. The summed E-state index contributed by atoms with van der Waals surface area (Å²) < 4.78 is 45.4. The standard InChI is InChI=1S/C26H21FN4O3.C15H11BrIN3O2/c1-25(13-33-14-25)7-6-16-9-20-24(30-11-16)34-21-5-4-17(18-3-2-8-29-23(18)27)10-19(21)26(20)15-32-12-22(28)31-26;16-8-3-11-14(19-5-8)22-12-2-1-9(17)4-10(12)15(11)7-21-6-13(18)20-15/h2-5,8-11H,12-15H2,1H3,(H2,28,31);1-5H,6-7H2,(H2,18,20)/t26-;15-/m00/s1. The largest absolute Gasteiger partial charge is 0.438 e. The Labute approximate surface area is 343 Å². The van der Waals surface area contributed by atoms with Crippen LogP contribution >= 0.6 is 38.5 Å². The Morgan fingerprint density at radius 2 is 1.39 bits per heavy atom. The second kappa shape index (κ2) is 14.2. The van der Waals surface area contributed by atoms with E-state index in [9.17, 15) is 4.39 Å². The predicted octanol–water partition coefficient (Wildman–Crippen LogP) is 6.59. The molecule has 5 aromatic rings. The van der Waals surface area contributed by atoms with Crippen molar-refractivity contribution in [1.29, 1.82) is 0 Å². The fraction of sp³-hybridized carbons (Fsp3) is 0.244. The molecule has 2 atom stereocenters. The minimum atomic E-state index is -0.992. The second-order valence-corrected chi connectivity index (χ2v) is 16.4. The number of fused-ring (bicyclic) bond motifs is 8. The van der Waals surface area contributed by atoms with Gasteiger partial charge in [0.1, 0.15) is 47.5 Å². The minimum absolute atomic E-state index is 0.157. The summed E-state index contributed by atoms with van der Waals surface area (Å²) in [6.45, 7) is 4.51. The molecule has 5 aliphatic rings. The summed E-state index contributed by atoms with van der Waals surface area (Å²) in [5.41, 5.74) is 15.3. The zero-order valence-electron chi connectivity index (χ0n) is 29.8. The normalized spacial score (nSPS) is 22.1. The number of benzene rings is 2. The Morgan fingerprint density at radius 3 is 2.04 bits per heavy atom. The average Bonchev–Trinajstić information content (AvgIpc) is 3.18. The van der Waals surface area contributed by atoms with Gasteiger partial charge in [-0.3, -0.25) is 9.98 Å². The van der Waals surface area contributed by atoms with E-state index in [1.54, 1.807) is 36.7 Å². The third kappa shape index (κ3) is 6.48. The van der Waals surface area contributed by atoms with Crippen molar-refractivity contribution in [3.8, 4) is 46.2 Å². The molecule has 8 heterocycles. The maximum absolute atomic E-state index is 14.5. The second-order valence-electron chi connectivity index (χ2n) is 14.2. The molecule has 56 heavy (non-hydrogen) atoms. The van der Waals surface area contributed by atoms with Crippen molar-refractivity contribution in [2.45, 2.75) is 18.0 Å². The van der Waals surface area contributed by atoms with Gasteiger partial charge in [0.05, 0.1) is 43.0 Å². The fourth-order valence-corrected chi connectivity index (χ4v) is 8.13. The van der Waals surface area contributed by atoms with Crippen LogP contribution in [0.25, 0.3) is 11.1 Å². The molecule has 282 valence electrons. The molecule has 0 bridgehead atoms. The Balaban J connectivity index is 0.000000161. The highest BCUT2D eigenvalue weighted by Crippen LogP contribution is 2.52. The maximum atomic E-state index is 14.5. The van der Waals surface area contributed by atoms with E-state index in [4.69, 9.17) is 45.1 Å². The summed E-state index contributed by atoms with van der Waals surface area (Å²) in [6.07, 6.45) is 4.81. The van der Waals surface area contributed by atoms with Gasteiger partial charge in [0.2, 0.25) is 17.7 Å². The number of nitrogens with zero attached hydrogens (tertiary/aromatic N) is 5. The quantitative estimate of drug-likeness (QED) is 0.107. The number of hydrogen-bond donors (Lipinski definition) is 2. The highest BCUT2D eigenvalue weighted by molar-refractivity contribution is 14.1. The number of aromatic nitrogens is 3. The number of nitrogens with two attached hydrogens (primary N) is 2. The van der Waals surface area contributed by atoms with Crippen LogP contribution in [0.4, 0.5) is 4.39 Å². The zero-order valence-corrected chi connectivity index (χ0v) is 33.6. The van der Waals surface area contributed by atoms with E-state index in [2.05, 4.69) is 78.3 Å². The van der Waals surface area contributed by atoms with Crippen molar-refractivity contribution in [3.63, 3.8) is 0 Å². The molecule has 4 N–H and O–H groups in total. The van der Waals surface area contributed by atoms with Gasteiger partial charge in [0.25, 0.3) is 0 Å². The Kier molecular flexibility index (Phi) is 9.28. The lowest BCUT2D eigenvalue weighted by atomic mass is 9.80. The maximum Gasteiger partial charge on any atom is 0.225 e. The molecular weight excluding hydrogens is 896 g/mol. The average molecular weight is 929 g/mol. The summed E-state index contributed by atoms with van der Waals surface area (Å²) in [5, 5.41) is 0. The molecule has 0 unspecified atom stereocenters. The van der Waals surface area contributed by atoms with Crippen molar-refractivity contribution in [3.05, 3.63) is 121 Å². The van der Waals surface area contributed by atoms with Crippen molar-refractivity contribution < 1.29 is 28.1 Å². The zero-order chi connectivity index (χ0) is 38.7. The third-order valence-corrected chi connectivity index (χ3v) is 11.1. The van der Waals surface area contributed by atoms with Gasteiger partial charge in [-0.2, -0.15) is 4.39 Å². The molecule has 2 aromatic carbocycles. The first-order chi connectivity index (χ1) is 27.0. The smallest absolute Gasteiger partial charge is 0.225 e. The lowest BCUT2D eigenvalue weighted by Gasteiger charge is -2.39. The molecule has 0 aliphatic carbocycles. The van der Waals surface area contributed by atoms with Crippen molar-refractivity contribution in [2.75, 3.05) is 39.6 Å². The molecule has 3 aromatic heterocycles. The van der Waals surface area contributed by atoms with Crippen LogP contribution in [0.5, 0.6) is 23.3 Å². The Morgan fingerprint density at radius 1 is 0.750 bits per heavy atom. The van der Waals surface area contributed by atoms with Crippen LogP contribution in [0, 0.1) is 26.8 Å². The van der Waals surface area contributed by atoms with Gasteiger partial charge in [-0.25, -0.2) is 15.0 Å². The lowest BCUT2D eigenvalue weighted by molar-refractivity contribution is -0.0648. The minimum Gasteiger partial charge on any atom is -0.438 e. The van der Waals surface area contributed by atoms with E-state index >= 15 is 0 Å². The Bertz CT molecular complexity index is 2500. The van der Waals surface area contributed by atoms with Crippen LogP contribution in [-0.2, 0) is 25.3 Å². The van der Waals surface area contributed by atoms with Gasteiger partial charge in [-0.05, 0) is 106 Å². The number of aliphatic imine (C=N–C) groups is 2. The van der Waals surface area contributed by atoms with Crippen LogP contribution in [0.3, 0.4) is 0 Å². The molecule has 10 rings (SSSR count). The summed E-state index contributed by atoms with van der Waals surface area (Å²) in [7, 11) is 0. The lowest BCUT2D eigenvalue weighted by Crippen LogP contribution is -2.42. The predicted molar refractivity (Wildman–Crippen MR) is 217 cm³/mol. The van der Waals surface area contributed by atoms with Gasteiger partial charge in [-0.15, -0.1) is 0 Å². The van der Waals surface area contributed by atoms with Crippen LogP contribution in [0.2, 0.25) is 0 Å². The monoisotopic (exact) mass is 927 g/mol. The first kappa shape index (κ1) is 36.6. The van der Waals surface area contributed by atoms with Gasteiger partial charge < -0.3 is 35.2 Å². The van der Waals surface area contributed by atoms with Crippen LogP contribution in [0.15, 0.2) is 93.7 Å². The SMILES string of the molecule is CC1(C#Cc2cnc3c(c2)[C@]2(COCC(N)=N2)c2cc(-c4cccnc4F)ccc2O3)COC1.NC1=N[C@@]2(COC1)c1cc(I)ccc1Oc1ncc(Br)cc12. The number of hydrogen-bond acceptors (Lipinski definition) is 12. The fourth-order valence-electron chi connectivity index (χ4n) is 7.31. The number of ether oxygens (including phenoxy) is 5. The van der Waals surface area contributed by atoms with Gasteiger partial charge in [0, 0.05) is 48.9 Å². The Hall–Kier alpha value is -4.99. The van der Waals surface area contributed by atoms with E-state index in [1.165, 1.54) is 6.20 Å². The molecule has 2 spiro atoms. The highest BCUT2D eigenvalue weighted by Gasteiger charge is 2.47. The summed E-state index contributed by atoms with van der Waals surface area (Å²) in [5.74, 6) is 9.03. The van der Waals surface area contributed by atoms with Crippen LogP contribution < -0.4 is 20.9 Å². The van der Waals surface area contributed by atoms with Crippen molar-refractivity contribution in [1.82, 2.24) is 15.0 Å². The van der Waals surface area contributed by atoms with Crippen molar-refractivity contribution >= 4 is 50.2 Å². The molecule has 0 saturated carbocycles. The molecule has 0 amide bonds. The number of pyridine rings is 3. The van der Waals surface area contributed by atoms with E-state index in [0.717, 1.165) is 36.0 Å². The summed E-state index contributed by atoms with van der Waals surface area (Å²) >= 11 is 5.75. The topological polar surface area (TPSA) is 162 Å². The summed E-state index contributed by atoms with van der Waals surface area (Å²) in [6, 6.07) is 18.7. The summed E-state index contributed by atoms with van der Waals surface area (Å²) in [4.78, 5) is 22.3. The van der Waals surface area contributed by atoms with E-state index in [-0.39, 0.29) is 18.6 Å². The van der Waals surface area contributed by atoms with Gasteiger partial charge in [0.15, 0.2) is 0 Å². The van der Waals surface area contributed by atoms with Crippen molar-refractivity contribution in [2.24, 2.45) is 26.9 Å². The molecular formula is C41H32BrFIN7O5. The van der Waals surface area contributed by atoms with E-state index in [1.807, 2.05) is 30.3 Å². The van der Waals surface area contributed by atoms with Gasteiger partial charge in [-0.1, -0.05) is 17.9 Å². The first-order valence-electron chi connectivity index (χ1n) is 17.6. The number of amidine groups is 2. The highest BCUT2D eigenvalue weighted by atomic mass is 127. The third-order valence-electron chi connectivity index (χ3n) is 10.00. The molecule has 15 heteroatoms. The van der Waals surface area contributed by atoms with Crippen LogP contribution in [0.1, 0.15) is 34.7 Å². The van der Waals surface area contributed by atoms with E-state index < -0.39 is 17.0 Å². The number of halogens is 3. The number of rotatable bonds is 1.